The third kappa shape index (κ3) is 4.84. The van der Waals surface area contributed by atoms with Crippen LogP contribution in [0.25, 0.3) is 0 Å². The number of piperazine rings is 1. The average Bonchev–Trinajstić information content (AvgIpc) is 2.66. The fourth-order valence-corrected chi connectivity index (χ4v) is 3.66. The van der Waals surface area contributed by atoms with Crippen molar-refractivity contribution in [2.24, 2.45) is 16.6 Å². The van der Waals surface area contributed by atoms with E-state index in [9.17, 15) is 0 Å². The number of anilines is 1. The van der Waals surface area contributed by atoms with Gasteiger partial charge in [0.15, 0.2) is 5.96 Å². The molecular weight excluding hydrogens is 312 g/mol. The molecule has 0 saturated carbocycles. The lowest BCUT2D eigenvalue weighted by molar-refractivity contribution is 0.270. The third-order valence-electron chi connectivity index (χ3n) is 5.36. The number of pyridine rings is 1. The quantitative estimate of drug-likeness (QED) is 0.666. The Morgan fingerprint density at radius 1 is 1.24 bits per heavy atom. The molecule has 3 heterocycles. The molecule has 1 aromatic rings. The lowest BCUT2D eigenvalue weighted by atomic mass is 10.0. The van der Waals surface area contributed by atoms with Crippen molar-refractivity contribution in [3.63, 3.8) is 0 Å². The van der Waals surface area contributed by atoms with Crippen LogP contribution in [0.1, 0.15) is 32.3 Å². The summed E-state index contributed by atoms with van der Waals surface area (Å²) in [6.07, 6.45) is 4.44. The lowest BCUT2D eigenvalue weighted by Gasteiger charge is -2.34. The highest BCUT2D eigenvalue weighted by molar-refractivity contribution is 5.78. The molecule has 2 aliphatic heterocycles. The van der Waals surface area contributed by atoms with Crippen molar-refractivity contribution in [3.05, 3.63) is 23.9 Å². The Labute approximate surface area is 151 Å². The number of nitrogens with two attached hydrogens (primary N) is 1. The SMILES string of the molecule is CCN1CCN(c2ccc(CN=C(N)N3CCCC(C)C3)cn2)CC1. The Morgan fingerprint density at radius 2 is 2.04 bits per heavy atom. The van der Waals surface area contributed by atoms with Gasteiger partial charge in [-0.2, -0.15) is 0 Å². The van der Waals surface area contributed by atoms with Gasteiger partial charge in [0.05, 0.1) is 6.54 Å². The summed E-state index contributed by atoms with van der Waals surface area (Å²) in [5.41, 5.74) is 7.29. The van der Waals surface area contributed by atoms with Crippen LogP contribution in [0.3, 0.4) is 0 Å². The molecule has 6 heteroatoms. The zero-order valence-corrected chi connectivity index (χ0v) is 15.7. The Kier molecular flexibility index (Phi) is 6.13. The molecule has 3 rings (SSSR count). The second-order valence-electron chi connectivity index (χ2n) is 7.31. The van der Waals surface area contributed by atoms with Crippen molar-refractivity contribution in [2.75, 3.05) is 50.7 Å². The van der Waals surface area contributed by atoms with E-state index in [-0.39, 0.29) is 0 Å². The van der Waals surface area contributed by atoms with Gasteiger partial charge in [0.1, 0.15) is 5.82 Å². The Morgan fingerprint density at radius 3 is 2.68 bits per heavy atom. The predicted octanol–water partition coefficient (Wildman–Crippen LogP) is 1.77. The molecule has 2 saturated heterocycles. The molecule has 1 aromatic heterocycles. The van der Waals surface area contributed by atoms with E-state index in [0.717, 1.165) is 57.2 Å². The van der Waals surface area contributed by atoms with Gasteiger partial charge in [0, 0.05) is 45.5 Å². The fourth-order valence-electron chi connectivity index (χ4n) is 3.66. The minimum atomic E-state index is 0.605. The standard InChI is InChI=1S/C19H32N6/c1-3-23-9-11-24(12-10-23)18-7-6-17(13-21-18)14-22-19(20)25-8-4-5-16(2)15-25/h6-7,13,16H,3-5,8-12,14-15H2,1-2H3,(H2,20,22). The van der Waals surface area contributed by atoms with Crippen molar-refractivity contribution in [1.29, 1.82) is 0 Å². The van der Waals surface area contributed by atoms with Crippen LogP contribution in [0.15, 0.2) is 23.3 Å². The van der Waals surface area contributed by atoms with Crippen molar-refractivity contribution >= 4 is 11.8 Å². The van der Waals surface area contributed by atoms with Crippen molar-refractivity contribution in [3.8, 4) is 0 Å². The van der Waals surface area contributed by atoms with Crippen LogP contribution in [0.4, 0.5) is 5.82 Å². The number of likely N-dealkylation sites (N-methyl/N-ethyl adjacent to an activating group) is 1. The monoisotopic (exact) mass is 344 g/mol. The minimum absolute atomic E-state index is 0.605. The van der Waals surface area contributed by atoms with E-state index in [0.29, 0.717) is 18.4 Å². The molecule has 0 bridgehead atoms. The molecule has 138 valence electrons. The summed E-state index contributed by atoms with van der Waals surface area (Å²) in [6, 6.07) is 4.25. The summed E-state index contributed by atoms with van der Waals surface area (Å²) < 4.78 is 0. The van der Waals surface area contributed by atoms with Crippen molar-refractivity contribution in [2.45, 2.75) is 33.2 Å². The summed E-state index contributed by atoms with van der Waals surface area (Å²) >= 11 is 0. The van der Waals surface area contributed by atoms with Crippen LogP contribution >= 0.6 is 0 Å². The van der Waals surface area contributed by atoms with E-state index >= 15 is 0 Å². The summed E-state index contributed by atoms with van der Waals surface area (Å²) in [5.74, 6) is 2.45. The van der Waals surface area contributed by atoms with Crippen LogP contribution < -0.4 is 10.6 Å². The largest absolute Gasteiger partial charge is 0.370 e. The molecule has 0 spiro atoms. The molecule has 2 fully saturated rings. The molecule has 25 heavy (non-hydrogen) atoms. The normalized spacial score (nSPS) is 23.1. The van der Waals surface area contributed by atoms with Crippen LogP contribution in [-0.2, 0) is 6.54 Å². The van der Waals surface area contributed by atoms with E-state index in [2.05, 4.69) is 50.7 Å². The highest BCUT2D eigenvalue weighted by Crippen LogP contribution is 2.16. The number of likely N-dealkylation sites (tertiary alicyclic amines) is 1. The van der Waals surface area contributed by atoms with Gasteiger partial charge in [-0.1, -0.05) is 19.9 Å². The fraction of sp³-hybridized carbons (Fsp3) is 0.684. The Balaban J connectivity index is 1.53. The minimum Gasteiger partial charge on any atom is -0.370 e. The molecule has 0 aliphatic carbocycles. The van der Waals surface area contributed by atoms with E-state index < -0.39 is 0 Å². The van der Waals surface area contributed by atoms with Gasteiger partial charge in [-0.3, -0.25) is 0 Å². The average molecular weight is 345 g/mol. The number of aromatic nitrogens is 1. The Hall–Kier alpha value is -1.82. The van der Waals surface area contributed by atoms with Gasteiger partial charge < -0.3 is 20.4 Å². The van der Waals surface area contributed by atoms with Gasteiger partial charge in [-0.25, -0.2) is 9.98 Å². The number of hydrogen-bond donors (Lipinski definition) is 1. The highest BCUT2D eigenvalue weighted by atomic mass is 15.3. The first-order valence-corrected chi connectivity index (χ1v) is 9.62. The van der Waals surface area contributed by atoms with E-state index in [4.69, 9.17) is 5.73 Å². The molecule has 1 atom stereocenters. The number of piperidine rings is 1. The summed E-state index contributed by atoms with van der Waals surface area (Å²) in [5, 5.41) is 0. The number of guanidine groups is 1. The van der Waals surface area contributed by atoms with Gasteiger partial charge in [-0.05, 0) is 36.9 Å². The van der Waals surface area contributed by atoms with Crippen LogP contribution in [0.5, 0.6) is 0 Å². The molecule has 0 amide bonds. The molecule has 6 nitrogen and oxygen atoms in total. The highest BCUT2D eigenvalue weighted by Gasteiger charge is 2.18. The van der Waals surface area contributed by atoms with Crippen molar-refractivity contribution < 1.29 is 0 Å². The molecule has 2 aliphatic rings. The number of aliphatic imine (C=N–C) groups is 1. The Bertz CT molecular complexity index is 562. The first kappa shape index (κ1) is 18.0. The third-order valence-corrected chi connectivity index (χ3v) is 5.36. The topological polar surface area (TPSA) is 61.0 Å². The first-order valence-electron chi connectivity index (χ1n) is 9.62. The zero-order valence-electron chi connectivity index (χ0n) is 15.7. The lowest BCUT2D eigenvalue weighted by Crippen LogP contribution is -2.46. The smallest absolute Gasteiger partial charge is 0.191 e. The van der Waals surface area contributed by atoms with Crippen LogP contribution in [0.2, 0.25) is 0 Å². The maximum Gasteiger partial charge on any atom is 0.191 e. The first-order chi connectivity index (χ1) is 12.2. The summed E-state index contributed by atoms with van der Waals surface area (Å²) in [6.45, 7) is 12.6. The number of hydrogen-bond acceptors (Lipinski definition) is 4. The molecule has 0 radical (unpaired) electrons. The van der Waals surface area contributed by atoms with Gasteiger partial charge >= 0.3 is 0 Å². The predicted molar refractivity (Wildman–Crippen MR) is 104 cm³/mol. The molecule has 0 aromatic carbocycles. The van der Waals surface area contributed by atoms with E-state index in [1.807, 2.05) is 6.20 Å². The number of rotatable bonds is 4. The zero-order chi connectivity index (χ0) is 17.6. The molecule has 1 unspecified atom stereocenters. The molecule has 2 N–H and O–H groups in total. The van der Waals surface area contributed by atoms with Crippen molar-refractivity contribution in [1.82, 2.24) is 14.8 Å². The van der Waals surface area contributed by atoms with E-state index in [1.54, 1.807) is 0 Å². The van der Waals surface area contributed by atoms with Crippen LogP contribution in [0, 0.1) is 5.92 Å². The maximum atomic E-state index is 6.17. The summed E-state index contributed by atoms with van der Waals surface area (Å²) in [7, 11) is 0. The van der Waals surface area contributed by atoms with Gasteiger partial charge in [0.2, 0.25) is 0 Å². The second kappa shape index (κ2) is 8.52. The molecular formula is C19H32N6. The number of nitrogens with zero attached hydrogens (tertiary/aromatic N) is 5. The maximum absolute atomic E-state index is 6.17. The van der Waals surface area contributed by atoms with Crippen LogP contribution in [-0.4, -0.2) is 66.6 Å². The van der Waals surface area contributed by atoms with Gasteiger partial charge in [-0.15, -0.1) is 0 Å². The van der Waals surface area contributed by atoms with E-state index in [1.165, 1.54) is 12.8 Å². The second-order valence-corrected chi connectivity index (χ2v) is 7.31. The summed E-state index contributed by atoms with van der Waals surface area (Å²) in [4.78, 5) is 16.3. The van der Waals surface area contributed by atoms with Gasteiger partial charge in [0.25, 0.3) is 0 Å².